The summed E-state index contributed by atoms with van der Waals surface area (Å²) >= 11 is 0. The van der Waals surface area contributed by atoms with E-state index in [0.717, 1.165) is 64.2 Å². The molecule has 0 rings (SSSR count). The van der Waals surface area contributed by atoms with Crippen molar-refractivity contribution in [2.75, 3.05) is 13.2 Å². The normalized spacial score (nSPS) is 12.1. The van der Waals surface area contributed by atoms with Gasteiger partial charge in [0.2, 0.25) is 0 Å². The number of unbranched alkanes of at least 4 members (excludes halogenated alkanes) is 50. The summed E-state index contributed by atoms with van der Waals surface area (Å²) in [6, 6.07) is 0. The van der Waals surface area contributed by atoms with Crippen LogP contribution in [0.4, 0.5) is 0 Å². The van der Waals surface area contributed by atoms with Crippen LogP contribution in [0.1, 0.15) is 393 Å². The molecule has 0 amide bonds. The van der Waals surface area contributed by atoms with Gasteiger partial charge in [0.15, 0.2) is 6.10 Å². The lowest BCUT2D eigenvalue weighted by molar-refractivity contribution is -0.167. The summed E-state index contributed by atoms with van der Waals surface area (Å²) in [5, 5.41) is 0. The highest BCUT2D eigenvalue weighted by Gasteiger charge is 2.19. The Hall–Kier alpha value is -2.11. The van der Waals surface area contributed by atoms with Crippen LogP contribution >= 0.6 is 0 Å². The van der Waals surface area contributed by atoms with Crippen LogP contribution in [0.5, 0.6) is 0 Å². The van der Waals surface area contributed by atoms with Gasteiger partial charge in [-0.05, 0) is 70.6 Å². The van der Waals surface area contributed by atoms with Crippen LogP contribution in [0.3, 0.4) is 0 Å². The first-order valence-corrected chi connectivity index (χ1v) is 34.8. The molecule has 0 radical (unpaired) electrons. The number of rotatable bonds is 65. The van der Waals surface area contributed by atoms with Crippen LogP contribution in [0.15, 0.2) is 24.3 Å². The number of esters is 3. The van der Waals surface area contributed by atoms with Crippen molar-refractivity contribution in [3.63, 3.8) is 0 Å². The number of hydrogen-bond acceptors (Lipinski definition) is 6. The Kier molecular flexibility index (Phi) is 64.6. The highest BCUT2D eigenvalue weighted by atomic mass is 16.6. The molecule has 0 heterocycles. The summed E-state index contributed by atoms with van der Waals surface area (Å²) in [7, 11) is 0. The highest BCUT2D eigenvalue weighted by Crippen LogP contribution is 2.18. The molecule has 0 aromatic carbocycles. The molecule has 0 saturated heterocycles. The van der Waals surface area contributed by atoms with Gasteiger partial charge in [0.05, 0.1) is 0 Å². The Morgan fingerprint density at radius 3 is 0.662 bits per heavy atom. The fourth-order valence-electron chi connectivity index (χ4n) is 10.7. The largest absolute Gasteiger partial charge is 0.462 e. The fraction of sp³-hybridized carbons (Fsp3) is 0.901. The summed E-state index contributed by atoms with van der Waals surface area (Å²) in [5.74, 6) is -0.848. The fourth-order valence-corrected chi connectivity index (χ4v) is 10.7. The lowest BCUT2D eigenvalue weighted by atomic mass is 10.0. The van der Waals surface area contributed by atoms with E-state index in [9.17, 15) is 14.4 Å². The second-order valence-corrected chi connectivity index (χ2v) is 23.8. The zero-order chi connectivity index (χ0) is 55.7. The minimum Gasteiger partial charge on any atom is -0.462 e. The van der Waals surface area contributed by atoms with Crippen molar-refractivity contribution in [3.05, 3.63) is 24.3 Å². The molecule has 77 heavy (non-hydrogen) atoms. The van der Waals surface area contributed by atoms with E-state index in [1.54, 1.807) is 0 Å². The van der Waals surface area contributed by atoms with Crippen LogP contribution in [0.2, 0.25) is 0 Å². The lowest BCUT2D eigenvalue weighted by Crippen LogP contribution is -2.30. The predicted octanol–water partition coefficient (Wildman–Crippen LogP) is 23.8. The molecular weight excluding hydrogens is 949 g/mol. The van der Waals surface area contributed by atoms with Gasteiger partial charge in [0.25, 0.3) is 0 Å². The first kappa shape index (κ1) is 74.9. The SMILES string of the molecule is CCCCCC/C=C\CCCCCCCC(=O)OCC(COC(=O)CCCCCCCCCCCCCCCCCCCCC/C=C\CCCCCCCCCC)OC(=O)CCCCCCCCCCCCCCCCC. The van der Waals surface area contributed by atoms with Gasteiger partial charge in [-0.2, -0.15) is 0 Å². The van der Waals surface area contributed by atoms with E-state index in [4.69, 9.17) is 14.2 Å². The second-order valence-electron chi connectivity index (χ2n) is 23.8. The van der Waals surface area contributed by atoms with Crippen molar-refractivity contribution in [2.45, 2.75) is 399 Å². The molecule has 1 unspecified atom stereocenters. The minimum atomic E-state index is -0.770. The number of carbonyl (C=O) groups is 3. The first-order chi connectivity index (χ1) is 38.0. The summed E-state index contributed by atoms with van der Waals surface area (Å²) in [6.45, 7) is 6.69. The van der Waals surface area contributed by atoms with Gasteiger partial charge in [0.1, 0.15) is 13.2 Å². The Morgan fingerprint density at radius 2 is 0.429 bits per heavy atom. The standard InChI is InChI=1S/C71H134O6/c1-4-7-10-13-16-19-22-25-27-28-29-30-31-32-33-34-35-36-37-38-39-40-41-42-44-46-49-52-55-58-61-64-70(73)76-67-68(66-75-69(72)63-60-57-54-51-48-45-24-21-18-15-12-9-6-3)77-71(74)65-62-59-56-53-50-47-43-26-23-20-17-14-11-8-5-2/h21,24,28-29,68H,4-20,22-23,25-27,30-67H2,1-3H3/b24-21-,29-28-. The number of hydrogen-bond donors (Lipinski definition) is 0. The molecule has 0 N–H and O–H groups in total. The Balaban J connectivity index is 4.10. The van der Waals surface area contributed by atoms with E-state index in [1.165, 1.54) is 289 Å². The molecule has 454 valence electrons. The number of carbonyl (C=O) groups excluding carboxylic acids is 3. The van der Waals surface area contributed by atoms with Gasteiger partial charge in [0, 0.05) is 19.3 Å². The van der Waals surface area contributed by atoms with E-state index in [1.807, 2.05) is 0 Å². The maximum atomic E-state index is 12.9. The molecular formula is C71H134O6. The van der Waals surface area contributed by atoms with E-state index in [0.29, 0.717) is 19.3 Å². The molecule has 0 spiro atoms. The van der Waals surface area contributed by atoms with Crippen molar-refractivity contribution in [2.24, 2.45) is 0 Å². The monoisotopic (exact) mass is 1080 g/mol. The number of ether oxygens (including phenoxy) is 3. The first-order valence-electron chi connectivity index (χ1n) is 34.8. The zero-order valence-electron chi connectivity index (χ0n) is 52.3. The van der Waals surface area contributed by atoms with Crippen molar-refractivity contribution in [3.8, 4) is 0 Å². The van der Waals surface area contributed by atoms with Crippen molar-refractivity contribution in [1.82, 2.24) is 0 Å². The van der Waals surface area contributed by atoms with Gasteiger partial charge < -0.3 is 14.2 Å². The maximum absolute atomic E-state index is 12.9. The third kappa shape index (κ3) is 64.6. The molecule has 0 saturated carbocycles. The van der Waals surface area contributed by atoms with Gasteiger partial charge in [-0.25, -0.2) is 0 Å². The van der Waals surface area contributed by atoms with E-state index in [-0.39, 0.29) is 31.1 Å². The van der Waals surface area contributed by atoms with E-state index >= 15 is 0 Å². The number of allylic oxidation sites excluding steroid dienone is 4. The average Bonchev–Trinajstić information content (AvgIpc) is 3.43. The Morgan fingerprint density at radius 1 is 0.247 bits per heavy atom. The maximum Gasteiger partial charge on any atom is 0.306 e. The molecule has 0 aliphatic rings. The summed E-state index contributed by atoms with van der Waals surface area (Å²) in [5.41, 5.74) is 0. The third-order valence-corrected chi connectivity index (χ3v) is 15.9. The van der Waals surface area contributed by atoms with E-state index in [2.05, 4.69) is 45.1 Å². The molecule has 0 aromatic rings. The Labute approximate surface area is 481 Å². The van der Waals surface area contributed by atoms with Crippen LogP contribution in [0, 0.1) is 0 Å². The molecule has 6 nitrogen and oxygen atoms in total. The zero-order valence-corrected chi connectivity index (χ0v) is 52.3. The van der Waals surface area contributed by atoms with Gasteiger partial charge >= 0.3 is 17.9 Å². The summed E-state index contributed by atoms with van der Waals surface area (Å²) in [4.78, 5) is 38.3. The molecule has 6 heteroatoms. The molecule has 0 aliphatic carbocycles. The quantitative estimate of drug-likeness (QED) is 0.0261. The van der Waals surface area contributed by atoms with Crippen molar-refractivity contribution < 1.29 is 28.6 Å². The van der Waals surface area contributed by atoms with Crippen molar-refractivity contribution in [1.29, 1.82) is 0 Å². The third-order valence-electron chi connectivity index (χ3n) is 15.9. The summed E-state index contributed by atoms with van der Waals surface area (Å²) in [6.07, 6.45) is 80.7. The molecule has 0 aromatic heterocycles. The smallest absolute Gasteiger partial charge is 0.306 e. The Bertz CT molecular complexity index is 1240. The minimum absolute atomic E-state index is 0.0675. The van der Waals surface area contributed by atoms with Crippen LogP contribution < -0.4 is 0 Å². The molecule has 0 bridgehead atoms. The molecule has 1 atom stereocenters. The lowest BCUT2D eigenvalue weighted by Gasteiger charge is -2.18. The van der Waals surface area contributed by atoms with Gasteiger partial charge in [-0.3, -0.25) is 14.4 Å². The average molecular weight is 1080 g/mol. The van der Waals surface area contributed by atoms with Crippen molar-refractivity contribution >= 4 is 17.9 Å². The highest BCUT2D eigenvalue weighted by molar-refractivity contribution is 5.71. The summed E-state index contributed by atoms with van der Waals surface area (Å²) < 4.78 is 16.9. The van der Waals surface area contributed by atoms with Gasteiger partial charge in [-0.1, -0.05) is 328 Å². The predicted molar refractivity (Wildman–Crippen MR) is 335 cm³/mol. The topological polar surface area (TPSA) is 78.9 Å². The van der Waals surface area contributed by atoms with Crippen LogP contribution in [-0.2, 0) is 28.6 Å². The van der Waals surface area contributed by atoms with E-state index < -0.39 is 6.10 Å². The van der Waals surface area contributed by atoms with Crippen LogP contribution in [0.25, 0.3) is 0 Å². The molecule has 0 aliphatic heterocycles. The molecule has 0 fully saturated rings. The van der Waals surface area contributed by atoms with Crippen LogP contribution in [-0.4, -0.2) is 37.2 Å². The van der Waals surface area contributed by atoms with Gasteiger partial charge in [-0.15, -0.1) is 0 Å². The second kappa shape index (κ2) is 66.4.